The number of methoxy groups -OCH3 is 1. The van der Waals surface area contributed by atoms with Crippen molar-refractivity contribution < 1.29 is 4.74 Å². The minimum Gasteiger partial charge on any atom is -0.495 e. The molecule has 0 fully saturated rings. The van der Waals surface area contributed by atoms with Crippen molar-refractivity contribution in [3.8, 4) is 5.75 Å². The van der Waals surface area contributed by atoms with Crippen LogP contribution in [0.25, 0.3) is 0 Å². The topological polar surface area (TPSA) is 9.23 Å². The zero-order chi connectivity index (χ0) is 8.69. The van der Waals surface area contributed by atoms with E-state index in [9.17, 15) is 0 Å². The van der Waals surface area contributed by atoms with Crippen LogP contribution in [0.2, 0.25) is 5.02 Å². The maximum absolute atomic E-state index is 5.70. The highest BCUT2D eigenvalue weighted by molar-refractivity contribution is 6.32. The molecular formula is C9H13ClO. The lowest BCUT2D eigenvalue weighted by Gasteiger charge is -1.98. The first-order valence-corrected chi connectivity index (χ1v) is 4.01. The van der Waals surface area contributed by atoms with Crippen LogP contribution in [0.4, 0.5) is 0 Å². The average molecular weight is 173 g/mol. The van der Waals surface area contributed by atoms with E-state index in [1.54, 1.807) is 13.2 Å². The molecule has 1 aromatic rings. The predicted molar refractivity (Wildman–Crippen MR) is 49.4 cm³/mol. The highest BCUT2D eigenvalue weighted by atomic mass is 35.5. The van der Waals surface area contributed by atoms with Crippen molar-refractivity contribution in [1.29, 1.82) is 0 Å². The highest BCUT2D eigenvalue weighted by Crippen LogP contribution is 2.21. The van der Waals surface area contributed by atoms with Gasteiger partial charge in [0.05, 0.1) is 12.1 Å². The first kappa shape index (κ1) is 10.3. The Bertz CT molecular complexity index is 199. The van der Waals surface area contributed by atoms with E-state index >= 15 is 0 Å². The van der Waals surface area contributed by atoms with Gasteiger partial charge in [0.25, 0.3) is 0 Å². The molecule has 1 aromatic carbocycles. The van der Waals surface area contributed by atoms with Crippen LogP contribution in [0.15, 0.2) is 24.3 Å². The molecule has 2 heteroatoms. The maximum Gasteiger partial charge on any atom is 0.137 e. The van der Waals surface area contributed by atoms with Crippen LogP contribution in [0, 0.1) is 0 Å². The molecule has 0 radical (unpaired) electrons. The molecule has 0 atom stereocenters. The molecule has 0 bridgehead atoms. The number of benzene rings is 1. The Morgan fingerprint density at radius 2 is 1.73 bits per heavy atom. The van der Waals surface area contributed by atoms with Crippen molar-refractivity contribution >= 4 is 11.6 Å². The Kier molecular flexibility index (Phi) is 5.67. The van der Waals surface area contributed by atoms with Crippen molar-refractivity contribution in [2.24, 2.45) is 0 Å². The molecule has 1 rings (SSSR count). The monoisotopic (exact) mass is 172 g/mol. The molecule has 0 amide bonds. The summed E-state index contributed by atoms with van der Waals surface area (Å²) < 4.78 is 4.91. The van der Waals surface area contributed by atoms with Gasteiger partial charge >= 0.3 is 0 Å². The largest absolute Gasteiger partial charge is 0.495 e. The standard InChI is InChI=1S/C7H7ClO.C2H6/c1-9-7-5-3-2-4-6(7)8;1-2/h2-5H,1H3;1-2H3. The van der Waals surface area contributed by atoms with E-state index in [0.29, 0.717) is 5.02 Å². The molecule has 0 spiro atoms. The van der Waals surface area contributed by atoms with Gasteiger partial charge < -0.3 is 4.74 Å². The summed E-state index contributed by atoms with van der Waals surface area (Å²) in [6.45, 7) is 4.00. The van der Waals surface area contributed by atoms with E-state index in [-0.39, 0.29) is 0 Å². The minimum atomic E-state index is 0.653. The van der Waals surface area contributed by atoms with Gasteiger partial charge in [-0.1, -0.05) is 37.6 Å². The first-order chi connectivity index (χ1) is 5.34. The molecule has 0 heterocycles. The van der Waals surface area contributed by atoms with E-state index in [4.69, 9.17) is 16.3 Å². The fourth-order valence-electron chi connectivity index (χ4n) is 0.610. The zero-order valence-electron chi connectivity index (χ0n) is 7.10. The van der Waals surface area contributed by atoms with Gasteiger partial charge in [-0.3, -0.25) is 0 Å². The van der Waals surface area contributed by atoms with Gasteiger partial charge in [-0.2, -0.15) is 0 Å². The smallest absolute Gasteiger partial charge is 0.137 e. The molecule has 62 valence electrons. The molecular weight excluding hydrogens is 160 g/mol. The summed E-state index contributed by atoms with van der Waals surface area (Å²) in [4.78, 5) is 0. The SMILES string of the molecule is CC.COc1ccccc1Cl. The third-order valence-electron chi connectivity index (χ3n) is 1.06. The number of para-hydroxylation sites is 1. The van der Waals surface area contributed by atoms with Crippen LogP contribution in [0.5, 0.6) is 5.75 Å². The quantitative estimate of drug-likeness (QED) is 0.631. The Labute approximate surface area is 72.9 Å². The second kappa shape index (κ2) is 6.05. The van der Waals surface area contributed by atoms with Gasteiger partial charge in [0.2, 0.25) is 0 Å². The van der Waals surface area contributed by atoms with Gasteiger partial charge in [-0.05, 0) is 12.1 Å². The summed E-state index contributed by atoms with van der Waals surface area (Å²) in [7, 11) is 1.60. The molecule has 0 aliphatic carbocycles. The van der Waals surface area contributed by atoms with Crippen molar-refractivity contribution in [1.82, 2.24) is 0 Å². The van der Waals surface area contributed by atoms with Crippen LogP contribution in [-0.4, -0.2) is 7.11 Å². The Morgan fingerprint density at radius 1 is 1.18 bits per heavy atom. The molecule has 0 aromatic heterocycles. The minimum absolute atomic E-state index is 0.653. The fraction of sp³-hybridized carbons (Fsp3) is 0.333. The number of ether oxygens (including phenoxy) is 1. The summed E-state index contributed by atoms with van der Waals surface area (Å²) in [5.41, 5.74) is 0. The average Bonchev–Trinajstić information content (AvgIpc) is 2.09. The maximum atomic E-state index is 5.70. The third kappa shape index (κ3) is 3.28. The predicted octanol–water partition coefficient (Wildman–Crippen LogP) is 3.37. The van der Waals surface area contributed by atoms with E-state index in [2.05, 4.69) is 0 Å². The van der Waals surface area contributed by atoms with Crippen molar-refractivity contribution in [3.63, 3.8) is 0 Å². The Morgan fingerprint density at radius 3 is 2.09 bits per heavy atom. The lowest BCUT2D eigenvalue weighted by atomic mass is 10.3. The second-order valence-electron chi connectivity index (χ2n) is 1.63. The number of hydrogen-bond donors (Lipinski definition) is 0. The van der Waals surface area contributed by atoms with Crippen LogP contribution in [0.3, 0.4) is 0 Å². The second-order valence-corrected chi connectivity index (χ2v) is 2.04. The van der Waals surface area contributed by atoms with E-state index in [1.807, 2.05) is 32.0 Å². The molecule has 0 N–H and O–H groups in total. The summed E-state index contributed by atoms with van der Waals surface area (Å²) in [6, 6.07) is 7.36. The molecule has 0 aliphatic heterocycles. The number of rotatable bonds is 1. The van der Waals surface area contributed by atoms with Crippen LogP contribution >= 0.6 is 11.6 Å². The lowest BCUT2D eigenvalue weighted by Crippen LogP contribution is -1.81. The Balaban J connectivity index is 0.000000461. The number of halogens is 1. The summed E-state index contributed by atoms with van der Waals surface area (Å²) >= 11 is 5.70. The lowest BCUT2D eigenvalue weighted by molar-refractivity contribution is 0.415. The fourth-order valence-corrected chi connectivity index (χ4v) is 0.823. The van der Waals surface area contributed by atoms with Crippen LogP contribution in [-0.2, 0) is 0 Å². The van der Waals surface area contributed by atoms with Crippen LogP contribution in [0.1, 0.15) is 13.8 Å². The molecule has 0 saturated heterocycles. The van der Waals surface area contributed by atoms with E-state index < -0.39 is 0 Å². The van der Waals surface area contributed by atoms with Gasteiger partial charge in [0.1, 0.15) is 5.75 Å². The highest BCUT2D eigenvalue weighted by Gasteiger charge is 1.93. The van der Waals surface area contributed by atoms with Gasteiger partial charge in [0.15, 0.2) is 0 Å². The molecule has 0 unspecified atom stereocenters. The van der Waals surface area contributed by atoms with Crippen molar-refractivity contribution in [2.45, 2.75) is 13.8 Å². The Hall–Kier alpha value is -0.690. The van der Waals surface area contributed by atoms with E-state index in [0.717, 1.165) is 5.75 Å². The van der Waals surface area contributed by atoms with Gasteiger partial charge in [0, 0.05) is 0 Å². The van der Waals surface area contributed by atoms with Gasteiger partial charge in [-0.15, -0.1) is 0 Å². The summed E-state index contributed by atoms with van der Waals surface area (Å²) in [6.07, 6.45) is 0. The zero-order valence-corrected chi connectivity index (χ0v) is 7.85. The first-order valence-electron chi connectivity index (χ1n) is 3.63. The molecule has 0 aliphatic rings. The molecule has 1 nitrogen and oxygen atoms in total. The third-order valence-corrected chi connectivity index (χ3v) is 1.37. The normalized spacial score (nSPS) is 8.00. The number of hydrogen-bond acceptors (Lipinski definition) is 1. The van der Waals surface area contributed by atoms with Crippen LogP contribution < -0.4 is 4.74 Å². The summed E-state index contributed by atoms with van der Waals surface area (Å²) in [5.74, 6) is 0.721. The van der Waals surface area contributed by atoms with Gasteiger partial charge in [-0.25, -0.2) is 0 Å². The van der Waals surface area contributed by atoms with Crippen molar-refractivity contribution in [2.75, 3.05) is 7.11 Å². The van der Waals surface area contributed by atoms with E-state index in [1.165, 1.54) is 0 Å². The van der Waals surface area contributed by atoms with Crippen molar-refractivity contribution in [3.05, 3.63) is 29.3 Å². The molecule has 11 heavy (non-hydrogen) atoms. The summed E-state index contributed by atoms with van der Waals surface area (Å²) in [5, 5.41) is 0.653. The molecule has 0 saturated carbocycles.